The highest BCUT2D eigenvalue weighted by atomic mass is 79.9. The lowest BCUT2D eigenvalue weighted by Crippen LogP contribution is -2.43. The third-order valence-corrected chi connectivity index (χ3v) is 5.62. The number of halogens is 1. The summed E-state index contributed by atoms with van der Waals surface area (Å²) >= 11 is 5.25. The molecule has 0 bridgehead atoms. The maximum absolute atomic E-state index is 6.47. The zero-order valence-electron chi connectivity index (χ0n) is 13.6. The van der Waals surface area contributed by atoms with Gasteiger partial charge in [-0.1, -0.05) is 22.4 Å². The first-order chi connectivity index (χ1) is 10.4. The van der Waals surface area contributed by atoms with Crippen molar-refractivity contribution in [3.63, 3.8) is 0 Å². The average Bonchev–Trinajstić information content (AvgIpc) is 2.45. The highest BCUT2D eigenvalue weighted by molar-refractivity contribution is 9.10. The Labute approximate surface area is 146 Å². The van der Waals surface area contributed by atoms with E-state index < -0.39 is 0 Å². The SMILES string of the molecule is CC(C)(C)SN=C1CC2(CCCCC2)Oc2ccc(Br)cc21. The molecule has 1 aromatic rings. The van der Waals surface area contributed by atoms with Crippen molar-refractivity contribution in [3.8, 4) is 5.75 Å². The molecule has 2 nitrogen and oxygen atoms in total. The zero-order valence-corrected chi connectivity index (χ0v) is 16.0. The Morgan fingerprint density at radius 1 is 1.18 bits per heavy atom. The number of ether oxygens (including phenoxy) is 1. The minimum Gasteiger partial charge on any atom is -0.486 e. The van der Waals surface area contributed by atoms with E-state index in [-0.39, 0.29) is 10.3 Å². The van der Waals surface area contributed by atoms with Crippen molar-refractivity contribution in [1.82, 2.24) is 0 Å². The van der Waals surface area contributed by atoms with E-state index >= 15 is 0 Å². The van der Waals surface area contributed by atoms with Crippen molar-refractivity contribution in [1.29, 1.82) is 0 Å². The van der Waals surface area contributed by atoms with Crippen LogP contribution in [0.5, 0.6) is 5.75 Å². The quantitative estimate of drug-likeness (QED) is 0.542. The molecular formula is C18H24BrNOS. The second kappa shape index (κ2) is 6.20. The molecule has 1 fully saturated rings. The third kappa shape index (κ3) is 3.70. The molecule has 1 aliphatic carbocycles. The number of nitrogens with zero attached hydrogens (tertiary/aromatic N) is 1. The fourth-order valence-electron chi connectivity index (χ4n) is 3.23. The van der Waals surface area contributed by atoms with Crippen molar-refractivity contribution in [2.24, 2.45) is 4.40 Å². The number of hydrogen-bond acceptors (Lipinski definition) is 3. The van der Waals surface area contributed by atoms with Gasteiger partial charge in [-0.05, 0) is 76.6 Å². The minimum atomic E-state index is -0.0175. The summed E-state index contributed by atoms with van der Waals surface area (Å²) in [6.07, 6.45) is 7.13. The molecule has 22 heavy (non-hydrogen) atoms. The normalized spacial score (nSPS) is 22.5. The van der Waals surface area contributed by atoms with Crippen LogP contribution in [0.2, 0.25) is 0 Å². The van der Waals surface area contributed by atoms with E-state index in [0.717, 1.165) is 35.0 Å². The van der Waals surface area contributed by atoms with Crippen molar-refractivity contribution < 1.29 is 4.74 Å². The molecule has 2 aliphatic rings. The first kappa shape index (κ1) is 16.4. The van der Waals surface area contributed by atoms with Crippen LogP contribution in [0, 0.1) is 0 Å². The summed E-state index contributed by atoms with van der Waals surface area (Å²) in [6.45, 7) is 6.62. The van der Waals surface area contributed by atoms with Crippen LogP contribution in [0.3, 0.4) is 0 Å². The Kier molecular flexibility index (Phi) is 4.61. The summed E-state index contributed by atoms with van der Waals surface area (Å²) in [5.74, 6) is 1.00. The topological polar surface area (TPSA) is 21.6 Å². The number of rotatable bonds is 1. The van der Waals surface area contributed by atoms with E-state index in [4.69, 9.17) is 9.13 Å². The second-order valence-corrected chi connectivity index (χ2v) is 9.91. The van der Waals surface area contributed by atoms with E-state index in [2.05, 4.69) is 54.9 Å². The molecular weight excluding hydrogens is 358 g/mol. The summed E-state index contributed by atoms with van der Waals surface area (Å²) < 4.78 is 12.6. The van der Waals surface area contributed by atoms with Gasteiger partial charge in [0, 0.05) is 21.2 Å². The molecule has 3 rings (SSSR count). The Morgan fingerprint density at radius 2 is 1.91 bits per heavy atom. The van der Waals surface area contributed by atoms with Gasteiger partial charge in [0.05, 0.1) is 5.71 Å². The van der Waals surface area contributed by atoms with Crippen LogP contribution >= 0.6 is 27.9 Å². The average molecular weight is 382 g/mol. The van der Waals surface area contributed by atoms with Gasteiger partial charge in [0.2, 0.25) is 0 Å². The Morgan fingerprint density at radius 3 is 2.59 bits per heavy atom. The fraction of sp³-hybridized carbons (Fsp3) is 0.611. The second-order valence-electron chi connectivity index (χ2n) is 7.40. The summed E-state index contributed by atoms with van der Waals surface area (Å²) in [6, 6.07) is 6.30. The number of benzene rings is 1. The van der Waals surface area contributed by atoms with E-state index in [1.165, 1.54) is 25.0 Å². The molecule has 0 unspecified atom stereocenters. The van der Waals surface area contributed by atoms with E-state index in [0.29, 0.717) is 0 Å². The van der Waals surface area contributed by atoms with Crippen molar-refractivity contribution in [2.45, 2.75) is 69.6 Å². The third-order valence-electron chi connectivity index (χ3n) is 4.26. The summed E-state index contributed by atoms with van der Waals surface area (Å²) in [5.41, 5.74) is 2.34. The lowest BCUT2D eigenvalue weighted by molar-refractivity contribution is 0.0322. The van der Waals surface area contributed by atoms with Crippen LogP contribution in [0.1, 0.15) is 64.9 Å². The molecule has 1 aromatic carbocycles. The standard InChI is InChI=1S/C18H24BrNOS/c1-17(2,3)22-20-15-12-18(9-5-4-6-10-18)21-16-8-7-13(19)11-14(15)16/h7-8,11H,4-6,9-10,12H2,1-3H3. The summed E-state index contributed by atoms with van der Waals surface area (Å²) in [7, 11) is 0. The molecule has 0 amide bonds. The zero-order chi connectivity index (χ0) is 15.8. The Hall–Kier alpha value is -0.480. The van der Waals surface area contributed by atoms with Crippen LogP contribution in [0.4, 0.5) is 0 Å². The van der Waals surface area contributed by atoms with E-state index in [9.17, 15) is 0 Å². The van der Waals surface area contributed by atoms with Crippen LogP contribution < -0.4 is 4.74 Å². The van der Waals surface area contributed by atoms with E-state index in [1.807, 2.05) is 0 Å². The molecule has 1 spiro atoms. The molecule has 0 N–H and O–H groups in total. The first-order valence-corrected chi connectivity index (χ1v) is 9.68. The van der Waals surface area contributed by atoms with Crippen molar-refractivity contribution in [2.75, 3.05) is 0 Å². The van der Waals surface area contributed by atoms with Crippen LogP contribution in [-0.4, -0.2) is 16.1 Å². The van der Waals surface area contributed by atoms with Gasteiger partial charge in [0.15, 0.2) is 0 Å². The van der Waals surface area contributed by atoms with Gasteiger partial charge >= 0.3 is 0 Å². The molecule has 0 saturated heterocycles. The smallest absolute Gasteiger partial charge is 0.129 e. The predicted molar refractivity (Wildman–Crippen MR) is 99.1 cm³/mol. The molecule has 0 atom stereocenters. The van der Waals surface area contributed by atoms with Gasteiger partial charge in [-0.2, -0.15) is 0 Å². The van der Waals surface area contributed by atoms with Crippen LogP contribution in [-0.2, 0) is 0 Å². The fourth-order valence-corrected chi connectivity index (χ4v) is 4.14. The minimum absolute atomic E-state index is 0.0175. The van der Waals surface area contributed by atoms with Gasteiger partial charge in [-0.25, -0.2) is 4.40 Å². The summed E-state index contributed by atoms with van der Waals surface area (Å²) in [4.78, 5) is 0. The van der Waals surface area contributed by atoms with Crippen LogP contribution in [0.25, 0.3) is 0 Å². The Balaban J connectivity index is 1.97. The van der Waals surface area contributed by atoms with Crippen molar-refractivity contribution in [3.05, 3.63) is 28.2 Å². The first-order valence-electron chi connectivity index (χ1n) is 8.11. The number of fused-ring (bicyclic) bond motifs is 1. The molecule has 120 valence electrons. The van der Waals surface area contributed by atoms with Crippen LogP contribution in [0.15, 0.2) is 27.1 Å². The lowest BCUT2D eigenvalue weighted by atomic mass is 9.78. The molecule has 1 aliphatic heterocycles. The molecule has 0 radical (unpaired) electrons. The molecule has 1 heterocycles. The largest absolute Gasteiger partial charge is 0.486 e. The van der Waals surface area contributed by atoms with Gasteiger partial charge in [0.25, 0.3) is 0 Å². The van der Waals surface area contributed by atoms with Gasteiger partial charge in [-0.3, -0.25) is 0 Å². The van der Waals surface area contributed by atoms with Gasteiger partial charge in [-0.15, -0.1) is 0 Å². The molecule has 0 aromatic heterocycles. The van der Waals surface area contributed by atoms with E-state index in [1.54, 1.807) is 11.9 Å². The van der Waals surface area contributed by atoms with Gasteiger partial charge < -0.3 is 4.74 Å². The number of hydrogen-bond donors (Lipinski definition) is 0. The molecule has 1 saturated carbocycles. The Bertz CT molecular complexity index is 585. The van der Waals surface area contributed by atoms with Gasteiger partial charge in [0.1, 0.15) is 11.4 Å². The van der Waals surface area contributed by atoms with Crippen molar-refractivity contribution >= 4 is 33.6 Å². The lowest BCUT2D eigenvalue weighted by Gasteiger charge is -2.42. The maximum atomic E-state index is 6.47. The monoisotopic (exact) mass is 381 g/mol. The summed E-state index contributed by atoms with van der Waals surface area (Å²) in [5, 5.41) is 0. The highest BCUT2D eigenvalue weighted by Crippen LogP contribution is 2.43. The predicted octanol–water partition coefficient (Wildman–Crippen LogP) is 6.17. The maximum Gasteiger partial charge on any atom is 0.129 e. The molecule has 4 heteroatoms. The highest BCUT2D eigenvalue weighted by Gasteiger charge is 2.40.